The molecule has 5 rings (SSSR count). The van der Waals surface area contributed by atoms with Crippen molar-refractivity contribution in [1.29, 1.82) is 0 Å². The first-order valence-electron chi connectivity index (χ1n) is 11.7. The Kier molecular flexibility index (Phi) is 6.01. The van der Waals surface area contributed by atoms with Crippen molar-refractivity contribution in [2.75, 3.05) is 0 Å². The number of carbonyl (C=O) groups excluding carboxylic acids is 2. The highest BCUT2D eigenvalue weighted by Gasteiger charge is 2.50. The molecule has 2 aromatic carbocycles. The van der Waals surface area contributed by atoms with E-state index in [0.717, 1.165) is 11.1 Å². The van der Waals surface area contributed by atoms with Crippen molar-refractivity contribution >= 4 is 11.9 Å². The lowest BCUT2D eigenvalue weighted by atomic mass is 9.67. The predicted octanol–water partition coefficient (Wildman–Crippen LogP) is 5.80. The quantitative estimate of drug-likeness (QED) is 0.171. The highest BCUT2D eigenvalue weighted by Crippen LogP contribution is 2.58. The van der Waals surface area contributed by atoms with Gasteiger partial charge in [0.1, 0.15) is 11.5 Å². The van der Waals surface area contributed by atoms with E-state index in [1.54, 1.807) is 50.5 Å². The maximum absolute atomic E-state index is 12.7. The number of para-hydroxylation sites is 2. The van der Waals surface area contributed by atoms with Crippen molar-refractivity contribution in [1.82, 2.24) is 9.97 Å². The summed E-state index contributed by atoms with van der Waals surface area (Å²) in [5, 5.41) is 0. The molecule has 6 nitrogen and oxygen atoms in total. The molecule has 0 amide bonds. The fourth-order valence-corrected chi connectivity index (χ4v) is 4.77. The lowest BCUT2D eigenvalue weighted by Crippen LogP contribution is -2.31. The Morgan fingerprint density at radius 3 is 1.41 bits per heavy atom. The van der Waals surface area contributed by atoms with Crippen LogP contribution in [-0.4, -0.2) is 21.9 Å². The van der Waals surface area contributed by atoms with Crippen LogP contribution < -0.4 is 9.47 Å². The van der Waals surface area contributed by atoms with Gasteiger partial charge in [-0.2, -0.15) is 0 Å². The summed E-state index contributed by atoms with van der Waals surface area (Å²) in [5.74, 6) is -0.383. The molecule has 0 fully saturated rings. The van der Waals surface area contributed by atoms with Gasteiger partial charge in [0.15, 0.2) is 0 Å². The Balaban J connectivity index is 1.90. The van der Waals surface area contributed by atoms with E-state index in [4.69, 9.17) is 9.47 Å². The van der Waals surface area contributed by atoms with Crippen LogP contribution in [0.5, 0.6) is 11.5 Å². The van der Waals surface area contributed by atoms with Gasteiger partial charge in [-0.3, -0.25) is 9.97 Å². The van der Waals surface area contributed by atoms with Gasteiger partial charge in [0, 0.05) is 34.7 Å². The van der Waals surface area contributed by atoms with E-state index in [1.165, 1.54) is 0 Å². The van der Waals surface area contributed by atoms with Crippen LogP contribution in [0.3, 0.4) is 0 Å². The van der Waals surface area contributed by atoms with E-state index in [-0.39, 0.29) is 11.1 Å². The van der Waals surface area contributed by atoms with E-state index >= 15 is 0 Å². The minimum Gasteiger partial charge on any atom is -0.423 e. The van der Waals surface area contributed by atoms with Gasteiger partial charge in [-0.1, -0.05) is 61.7 Å². The van der Waals surface area contributed by atoms with E-state index < -0.39 is 17.4 Å². The number of rotatable bonds is 6. The molecule has 4 aromatic rings. The first-order chi connectivity index (χ1) is 17.9. The lowest BCUT2D eigenvalue weighted by molar-refractivity contribution is -0.130. The van der Waals surface area contributed by atoms with Gasteiger partial charge in [-0.05, 0) is 49.2 Å². The zero-order valence-corrected chi connectivity index (χ0v) is 20.5. The maximum atomic E-state index is 12.7. The van der Waals surface area contributed by atoms with Crippen LogP contribution in [0.1, 0.15) is 36.1 Å². The number of pyridine rings is 2. The Hall–Kier alpha value is -4.84. The van der Waals surface area contributed by atoms with Crippen molar-refractivity contribution in [2.24, 2.45) is 0 Å². The second-order valence-corrected chi connectivity index (χ2v) is 8.88. The van der Waals surface area contributed by atoms with E-state index in [1.807, 2.05) is 48.5 Å². The third-order valence-corrected chi connectivity index (χ3v) is 6.33. The minimum atomic E-state index is -1.06. The molecule has 0 spiro atoms. The van der Waals surface area contributed by atoms with Crippen LogP contribution >= 0.6 is 0 Å². The molecule has 0 saturated heterocycles. The molecule has 1 aliphatic rings. The van der Waals surface area contributed by atoms with Crippen LogP contribution in [0.25, 0.3) is 11.4 Å². The summed E-state index contributed by atoms with van der Waals surface area (Å²) in [4.78, 5) is 34.7. The summed E-state index contributed by atoms with van der Waals surface area (Å²) in [6.07, 6.45) is 3.43. The maximum Gasteiger partial charge on any atom is 0.338 e. The van der Waals surface area contributed by atoms with E-state index in [9.17, 15) is 9.59 Å². The molecular weight excluding hydrogens is 464 g/mol. The van der Waals surface area contributed by atoms with Crippen molar-refractivity contribution in [3.8, 4) is 22.9 Å². The fourth-order valence-electron chi connectivity index (χ4n) is 4.77. The molecule has 0 saturated carbocycles. The van der Waals surface area contributed by atoms with E-state index in [0.29, 0.717) is 34.0 Å². The molecule has 0 N–H and O–H groups in total. The third kappa shape index (κ3) is 3.83. The average molecular weight is 489 g/mol. The second-order valence-electron chi connectivity index (χ2n) is 8.88. The SMILES string of the molecule is C=C(C)C(=O)Oc1ccccc1C1(c2ccccc2OC(=O)C(=C)C)c2cccnc2-c2ncccc21. The van der Waals surface area contributed by atoms with Gasteiger partial charge in [0.25, 0.3) is 0 Å². The second kappa shape index (κ2) is 9.32. The summed E-state index contributed by atoms with van der Waals surface area (Å²) >= 11 is 0. The van der Waals surface area contributed by atoms with Crippen LogP contribution in [0, 0.1) is 0 Å². The molecule has 2 aromatic heterocycles. The fraction of sp³-hybridized carbons (Fsp3) is 0.0968. The number of aromatic nitrogens is 2. The van der Waals surface area contributed by atoms with Gasteiger partial charge in [-0.25, -0.2) is 9.59 Å². The molecule has 0 radical (unpaired) electrons. The van der Waals surface area contributed by atoms with Crippen LogP contribution in [0.4, 0.5) is 0 Å². The Labute approximate surface area is 214 Å². The molecule has 0 aliphatic heterocycles. The highest BCUT2D eigenvalue weighted by molar-refractivity contribution is 5.91. The topological polar surface area (TPSA) is 78.4 Å². The largest absolute Gasteiger partial charge is 0.423 e. The number of benzene rings is 2. The monoisotopic (exact) mass is 488 g/mol. The molecule has 37 heavy (non-hydrogen) atoms. The molecule has 1 aliphatic carbocycles. The van der Waals surface area contributed by atoms with Crippen molar-refractivity contribution in [2.45, 2.75) is 19.3 Å². The van der Waals surface area contributed by atoms with Gasteiger partial charge in [0.05, 0.1) is 16.8 Å². The Bertz CT molecular complexity index is 1470. The molecule has 182 valence electrons. The lowest BCUT2D eigenvalue weighted by Gasteiger charge is -2.35. The van der Waals surface area contributed by atoms with Crippen molar-refractivity contribution in [3.63, 3.8) is 0 Å². The number of ether oxygens (including phenoxy) is 2. The standard InChI is InChI=1S/C31H24N2O4/c1-19(2)29(34)36-25-15-7-5-11-21(25)31(22-12-6-8-16-26(22)37-30(35)20(3)4)23-13-9-17-32-27(23)28-24(31)14-10-18-33-28/h5-18H,1,3H2,2,4H3. The van der Waals surface area contributed by atoms with Crippen molar-refractivity contribution in [3.05, 3.63) is 132 Å². The summed E-state index contributed by atoms with van der Waals surface area (Å²) in [5.41, 5.74) is 3.85. The number of fused-ring (bicyclic) bond motifs is 3. The summed E-state index contributed by atoms with van der Waals surface area (Å²) in [6.45, 7) is 10.7. The van der Waals surface area contributed by atoms with Gasteiger partial charge in [0.2, 0.25) is 0 Å². The van der Waals surface area contributed by atoms with Gasteiger partial charge in [-0.15, -0.1) is 0 Å². The summed E-state index contributed by atoms with van der Waals surface area (Å²) < 4.78 is 11.7. The average Bonchev–Trinajstić information content (AvgIpc) is 3.20. The highest BCUT2D eigenvalue weighted by atomic mass is 16.5. The van der Waals surface area contributed by atoms with Crippen LogP contribution in [-0.2, 0) is 15.0 Å². The minimum absolute atomic E-state index is 0.273. The third-order valence-electron chi connectivity index (χ3n) is 6.33. The first kappa shape index (κ1) is 23.9. The zero-order valence-electron chi connectivity index (χ0n) is 20.5. The van der Waals surface area contributed by atoms with Crippen LogP contribution in [0.15, 0.2) is 109 Å². The van der Waals surface area contributed by atoms with Crippen molar-refractivity contribution < 1.29 is 19.1 Å². The molecule has 6 heteroatoms. The summed E-state index contributed by atoms with van der Waals surface area (Å²) in [6, 6.07) is 22.3. The van der Waals surface area contributed by atoms with Gasteiger partial charge < -0.3 is 9.47 Å². The number of hydrogen-bond donors (Lipinski definition) is 0. The van der Waals surface area contributed by atoms with Crippen LogP contribution in [0.2, 0.25) is 0 Å². The molecule has 0 unspecified atom stereocenters. The molecule has 0 atom stereocenters. The van der Waals surface area contributed by atoms with Gasteiger partial charge >= 0.3 is 11.9 Å². The smallest absolute Gasteiger partial charge is 0.338 e. The number of esters is 2. The Morgan fingerprint density at radius 1 is 0.622 bits per heavy atom. The number of carbonyl (C=O) groups is 2. The predicted molar refractivity (Wildman–Crippen MR) is 140 cm³/mol. The number of hydrogen-bond acceptors (Lipinski definition) is 6. The molecule has 0 bridgehead atoms. The first-order valence-corrected chi connectivity index (χ1v) is 11.7. The summed E-state index contributed by atoms with van der Waals surface area (Å²) in [7, 11) is 0. The van der Waals surface area contributed by atoms with E-state index in [2.05, 4.69) is 23.1 Å². The molecule has 2 heterocycles. The zero-order chi connectivity index (χ0) is 26.2. The number of nitrogens with zero attached hydrogens (tertiary/aromatic N) is 2. The normalized spacial score (nSPS) is 12.7. The Morgan fingerprint density at radius 2 is 1.00 bits per heavy atom. The molecular formula is C31H24N2O4.